The molecule has 0 spiro atoms. The molecule has 1 heterocycles. The van der Waals surface area contributed by atoms with Crippen LogP contribution in [-0.4, -0.2) is 21.6 Å². The summed E-state index contributed by atoms with van der Waals surface area (Å²) in [6.07, 6.45) is 3.49. The van der Waals surface area contributed by atoms with E-state index in [0.29, 0.717) is 10.9 Å². The van der Waals surface area contributed by atoms with Crippen molar-refractivity contribution in [2.45, 2.75) is 12.1 Å². The number of nitrogens with zero attached hydrogens (tertiary/aromatic N) is 2. The van der Waals surface area contributed by atoms with Gasteiger partial charge < -0.3 is 5.73 Å². The molecule has 1 rings (SSSR count). The number of rotatable bonds is 3. The largest absolute Gasteiger partial charge is 0.387 e. The average Bonchev–Trinajstić information content (AvgIpc) is 2.03. The Labute approximate surface area is 75.1 Å². The molecule has 0 aliphatic heterocycles. The van der Waals surface area contributed by atoms with Crippen LogP contribution in [-0.2, 0) is 0 Å². The Balaban J connectivity index is 2.53. The molecule has 3 N–H and O–H groups in total. The van der Waals surface area contributed by atoms with E-state index in [0.717, 1.165) is 5.56 Å². The van der Waals surface area contributed by atoms with Gasteiger partial charge in [0.25, 0.3) is 0 Å². The quantitative estimate of drug-likeness (QED) is 0.314. The van der Waals surface area contributed by atoms with Crippen LogP contribution in [0, 0.1) is 12.3 Å². The number of amidine groups is 1. The summed E-state index contributed by atoms with van der Waals surface area (Å²) in [5, 5.41) is 7.65. The third-order valence-electron chi connectivity index (χ3n) is 1.11. The Morgan fingerprint density at radius 3 is 2.67 bits per heavy atom. The molecule has 64 valence electrons. The van der Waals surface area contributed by atoms with Gasteiger partial charge in [-0.15, -0.1) is 0 Å². The first-order valence-electron chi connectivity index (χ1n) is 3.43. The van der Waals surface area contributed by atoms with E-state index in [4.69, 9.17) is 11.1 Å². The lowest BCUT2D eigenvalue weighted by molar-refractivity contribution is 0.952. The predicted molar refractivity (Wildman–Crippen MR) is 49.4 cm³/mol. The topological polar surface area (TPSA) is 75.7 Å². The van der Waals surface area contributed by atoms with Gasteiger partial charge in [0.05, 0.1) is 5.75 Å². The molecule has 0 radical (unpaired) electrons. The number of aromatic nitrogens is 2. The molecule has 0 aliphatic carbocycles. The molecule has 0 fully saturated rings. The van der Waals surface area contributed by atoms with E-state index in [-0.39, 0.29) is 5.84 Å². The van der Waals surface area contributed by atoms with Crippen molar-refractivity contribution in [3.8, 4) is 0 Å². The Morgan fingerprint density at radius 1 is 1.58 bits per heavy atom. The molecule has 5 heteroatoms. The minimum Gasteiger partial charge on any atom is -0.387 e. The Hall–Kier alpha value is -1.10. The number of hydrogen-bond donors (Lipinski definition) is 2. The molecule has 0 saturated carbocycles. The van der Waals surface area contributed by atoms with Crippen molar-refractivity contribution < 1.29 is 0 Å². The fourth-order valence-corrected chi connectivity index (χ4v) is 1.14. The first-order valence-corrected chi connectivity index (χ1v) is 4.41. The number of thioether (sulfide) groups is 1. The van der Waals surface area contributed by atoms with Gasteiger partial charge in [0.2, 0.25) is 0 Å². The number of hydrogen-bond acceptors (Lipinski definition) is 4. The maximum Gasteiger partial charge on any atom is 0.187 e. The molecule has 1 aromatic rings. The van der Waals surface area contributed by atoms with Gasteiger partial charge in [-0.05, 0) is 12.5 Å². The van der Waals surface area contributed by atoms with Gasteiger partial charge in [0, 0.05) is 12.4 Å². The van der Waals surface area contributed by atoms with Crippen molar-refractivity contribution >= 4 is 17.6 Å². The van der Waals surface area contributed by atoms with E-state index in [9.17, 15) is 0 Å². The summed E-state index contributed by atoms with van der Waals surface area (Å²) in [4.78, 5) is 8.10. The molecule has 0 bridgehead atoms. The van der Waals surface area contributed by atoms with Gasteiger partial charge in [-0.1, -0.05) is 11.8 Å². The van der Waals surface area contributed by atoms with Gasteiger partial charge in [-0.25, -0.2) is 9.97 Å². The standard InChI is InChI=1S/C7H10N4S/c1-5-2-10-7(11-3-5)12-4-6(8)9/h2-3H,4H2,1H3,(H3,8,9). The summed E-state index contributed by atoms with van der Waals surface area (Å²) in [5.41, 5.74) is 6.21. The highest BCUT2D eigenvalue weighted by Crippen LogP contribution is 2.10. The molecule has 0 aliphatic rings. The van der Waals surface area contributed by atoms with Crippen LogP contribution in [0.5, 0.6) is 0 Å². The van der Waals surface area contributed by atoms with Crippen LogP contribution in [0.4, 0.5) is 0 Å². The average molecular weight is 182 g/mol. The monoisotopic (exact) mass is 182 g/mol. The van der Waals surface area contributed by atoms with Crippen molar-refractivity contribution in [1.82, 2.24) is 9.97 Å². The maximum atomic E-state index is 6.99. The lowest BCUT2D eigenvalue weighted by Crippen LogP contribution is -2.12. The van der Waals surface area contributed by atoms with Crippen molar-refractivity contribution in [2.24, 2.45) is 5.73 Å². The van der Waals surface area contributed by atoms with Gasteiger partial charge in [-0.2, -0.15) is 0 Å². The minimum absolute atomic E-state index is 0.143. The van der Waals surface area contributed by atoms with Crippen molar-refractivity contribution in [3.05, 3.63) is 18.0 Å². The zero-order valence-corrected chi connectivity index (χ0v) is 7.56. The highest BCUT2D eigenvalue weighted by Gasteiger charge is 1.97. The van der Waals surface area contributed by atoms with Crippen LogP contribution >= 0.6 is 11.8 Å². The number of nitrogens with two attached hydrogens (primary N) is 1. The van der Waals surface area contributed by atoms with Crippen molar-refractivity contribution in [1.29, 1.82) is 5.41 Å². The van der Waals surface area contributed by atoms with E-state index in [1.54, 1.807) is 12.4 Å². The zero-order valence-electron chi connectivity index (χ0n) is 6.74. The first-order chi connectivity index (χ1) is 5.68. The van der Waals surface area contributed by atoms with Crippen LogP contribution < -0.4 is 5.73 Å². The third-order valence-corrected chi connectivity index (χ3v) is 2.04. The molecule has 0 amide bonds. The van der Waals surface area contributed by atoms with Crippen LogP contribution in [0.25, 0.3) is 0 Å². The Bertz CT molecular complexity index is 269. The SMILES string of the molecule is Cc1cnc(SCC(=N)N)nc1. The Morgan fingerprint density at radius 2 is 2.17 bits per heavy atom. The van der Waals surface area contributed by atoms with Gasteiger partial charge in [0.1, 0.15) is 5.84 Å². The van der Waals surface area contributed by atoms with Crippen LogP contribution in [0.1, 0.15) is 5.56 Å². The van der Waals surface area contributed by atoms with E-state index in [2.05, 4.69) is 9.97 Å². The number of nitrogens with one attached hydrogen (secondary N) is 1. The van der Waals surface area contributed by atoms with Crippen molar-refractivity contribution in [3.63, 3.8) is 0 Å². The summed E-state index contributed by atoms with van der Waals surface area (Å²) in [6, 6.07) is 0. The third kappa shape index (κ3) is 2.87. The van der Waals surface area contributed by atoms with E-state index >= 15 is 0 Å². The highest BCUT2D eigenvalue weighted by molar-refractivity contribution is 7.99. The molecular formula is C7H10N4S. The summed E-state index contributed by atoms with van der Waals surface area (Å²) >= 11 is 1.37. The molecule has 12 heavy (non-hydrogen) atoms. The zero-order chi connectivity index (χ0) is 8.97. The summed E-state index contributed by atoms with van der Waals surface area (Å²) < 4.78 is 0. The molecule has 4 nitrogen and oxygen atoms in total. The second-order valence-corrected chi connectivity index (χ2v) is 3.30. The molecule has 0 atom stereocenters. The predicted octanol–water partition coefficient (Wildman–Crippen LogP) is 0.813. The number of aryl methyl sites for hydroxylation is 1. The smallest absolute Gasteiger partial charge is 0.187 e. The van der Waals surface area contributed by atoms with Gasteiger partial charge >= 0.3 is 0 Å². The maximum absolute atomic E-state index is 6.99. The summed E-state index contributed by atoms with van der Waals surface area (Å²) in [5.74, 6) is 0.590. The fraction of sp³-hybridized carbons (Fsp3) is 0.286. The van der Waals surface area contributed by atoms with Crippen LogP contribution in [0.3, 0.4) is 0 Å². The normalized spacial score (nSPS) is 9.75. The van der Waals surface area contributed by atoms with Crippen LogP contribution in [0.15, 0.2) is 17.6 Å². The van der Waals surface area contributed by atoms with E-state index in [1.807, 2.05) is 6.92 Å². The molecule has 0 saturated heterocycles. The van der Waals surface area contributed by atoms with E-state index < -0.39 is 0 Å². The van der Waals surface area contributed by atoms with Gasteiger partial charge in [-0.3, -0.25) is 5.41 Å². The summed E-state index contributed by atoms with van der Waals surface area (Å²) in [7, 11) is 0. The van der Waals surface area contributed by atoms with Crippen LogP contribution in [0.2, 0.25) is 0 Å². The molecular weight excluding hydrogens is 172 g/mol. The molecule has 0 aromatic carbocycles. The van der Waals surface area contributed by atoms with Gasteiger partial charge in [0.15, 0.2) is 5.16 Å². The highest BCUT2D eigenvalue weighted by atomic mass is 32.2. The lowest BCUT2D eigenvalue weighted by Gasteiger charge is -1.97. The second kappa shape index (κ2) is 4.06. The van der Waals surface area contributed by atoms with Crippen molar-refractivity contribution in [2.75, 3.05) is 5.75 Å². The van der Waals surface area contributed by atoms with E-state index in [1.165, 1.54) is 11.8 Å². The lowest BCUT2D eigenvalue weighted by atomic mass is 10.4. The minimum atomic E-state index is 0.143. The molecule has 1 aromatic heterocycles. The first kappa shape index (κ1) is 8.99. The molecule has 0 unspecified atom stereocenters. The Kier molecular flexibility index (Phi) is 3.04. The second-order valence-electron chi connectivity index (χ2n) is 2.36. The fourth-order valence-electron chi connectivity index (χ4n) is 0.598. The summed E-state index contributed by atoms with van der Waals surface area (Å²) in [6.45, 7) is 1.93.